The van der Waals surface area contributed by atoms with Gasteiger partial charge in [-0.3, -0.25) is 4.98 Å². The Morgan fingerprint density at radius 1 is 1.05 bits per heavy atom. The van der Waals surface area contributed by atoms with Gasteiger partial charge in [0, 0.05) is 40.6 Å². The molecule has 2 atom stereocenters. The molecule has 1 aromatic carbocycles. The number of nitrogens with two attached hydrogens (primary N) is 1. The fourth-order valence-electron chi connectivity index (χ4n) is 3.62. The number of anilines is 2. The van der Waals surface area contributed by atoms with Crippen LogP contribution in [0, 0.1) is 11.8 Å². The van der Waals surface area contributed by atoms with E-state index in [0.717, 1.165) is 34.0 Å². The standard InChI is InChI=1S/C17H23N3/c1-11-7-12(2)9-13(8-11)20-17-4-3-16(18)14-5-6-19-10-15(14)17/h3-6,10-13,20H,7-9,18H2,1-2H3. The molecule has 0 saturated heterocycles. The molecule has 1 saturated carbocycles. The molecular weight excluding hydrogens is 246 g/mol. The third-order valence-electron chi connectivity index (χ3n) is 4.39. The summed E-state index contributed by atoms with van der Waals surface area (Å²) in [6.45, 7) is 4.71. The number of pyridine rings is 1. The van der Waals surface area contributed by atoms with Crippen LogP contribution >= 0.6 is 0 Å². The Hall–Kier alpha value is -1.77. The van der Waals surface area contributed by atoms with Crippen LogP contribution in [0.5, 0.6) is 0 Å². The van der Waals surface area contributed by atoms with Gasteiger partial charge in [-0.2, -0.15) is 0 Å². The van der Waals surface area contributed by atoms with Gasteiger partial charge in [0.05, 0.1) is 0 Å². The van der Waals surface area contributed by atoms with E-state index in [2.05, 4.69) is 30.2 Å². The zero-order chi connectivity index (χ0) is 14.1. The second kappa shape index (κ2) is 5.31. The fourth-order valence-corrected chi connectivity index (χ4v) is 3.62. The highest BCUT2D eigenvalue weighted by atomic mass is 14.9. The van der Waals surface area contributed by atoms with E-state index in [0.29, 0.717) is 6.04 Å². The maximum Gasteiger partial charge on any atom is 0.0439 e. The molecule has 0 amide bonds. The van der Waals surface area contributed by atoms with Gasteiger partial charge in [0.25, 0.3) is 0 Å². The molecule has 0 spiro atoms. The van der Waals surface area contributed by atoms with Gasteiger partial charge in [-0.15, -0.1) is 0 Å². The number of benzene rings is 1. The molecule has 1 aromatic heterocycles. The van der Waals surface area contributed by atoms with Crippen LogP contribution < -0.4 is 11.1 Å². The van der Waals surface area contributed by atoms with Crippen molar-refractivity contribution in [2.45, 2.75) is 39.2 Å². The molecule has 1 aliphatic rings. The molecule has 0 radical (unpaired) electrons. The minimum Gasteiger partial charge on any atom is -0.398 e. The number of hydrogen-bond donors (Lipinski definition) is 2. The summed E-state index contributed by atoms with van der Waals surface area (Å²) < 4.78 is 0. The van der Waals surface area contributed by atoms with E-state index in [4.69, 9.17) is 5.73 Å². The number of nitrogen functional groups attached to an aromatic ring is 1. The van der Waals surface area contributed by atoms with Crippen LogP contribution in [0.2, 0.25) is 0 Å². The number of nitrogens with zero attached hydrogens (tertiary/aromatic N) is 1. The normalized spacial score (nSPS) is 26.6. The van der Waals surface area contributed by atoms with Crippen molar-refractivity contribution in [3.8, 4) is 0 Å². The third-order valence-corrected chi connectivity index (χ3v) is 4.39. The van der Waals surface area contributed by atoms with Gasteiger partial charge in [0.1, 0.15) is 0 Å². The van der Waals surface area contributed by atoms with Crippen molar-refractivity contribution in [2.24, 2.45) is 11.8 Å². The summed E-state index contributed by atoms with van der Waals surface area (Å²) in [6.07, 6.45) is 7.55. The topological polar surface area (TPSA) is 50.9 Å². The monoisotopic (exact) mass is 269 g/mol. The molecule has 3 heteroatoms. The Bertz CT molecular complexity index is 598. The molecule has 2 aromatic rings. The number of fused-ring (bicyclic) bond motifs is 1. The molecule has 3 nitrogen and oxygen atoms in total. The summed E-state index contributed by atoms with van der Waals surface area (Å²) in [5.41, 5.74) is 8.03. The van der Waals surface area contributed by atoms with E-state index >= 15 is 0 Å². The second-order valence-electron chi connectivity index (χ2n) is 6.38. The predicted octanol–water partition coefficient (Wildman–Crippen LogP) is 4.05. The SMILES string of the molecule is CC1CC(C)CC(Nc2ccc(N)c3ccncc23)C1. The first-order valence-corrected chi connectivity index (χ1v) is 7.52. The first-order chi connectivity index (χ1) is 9.63. The zero-order valence-electron chi connectivity index (χ0n) is 12.3. The highest BCUT2D eigenvalue weighted by Crippen LogP contribution is 2.33. The molecular formula is C17H23N3. The van der Waals surface area contributed by atoms with Gasteiger partial charge in [-0.25, -0.2) is 0 Å². The molecule has 1 fully saturated rings. The Labute approximate surface area is 120 Å². The number of nitrogens with one attached hydrogen (secondary N) is 1. The van der Waals surface area contributed by atoms with Crippen molar-refractivity contribution >= 4 is 22.1 Å². The van der Waals surface area contributed by atoms with Crippen LogP contribution in [0.1, 0.15) is 33.1 Å². The van der Waals surface area contributed by atoms with Crippen LogP contribution in [-0.4, -0.2) is 11.0 Å². The molecule has 2 unspecified atom stereocenters. The van der Waals surface area contributed by atoms with Gasteiger partial charge in [-0.05, 0) is 49.3 Å². The van der Waals surface area contributed by atoms with Crippen molar-refractivity contribution in [2.75, 3.05) is 11.1 Å². The average molecular weight is 269 g/mol. The lowest BCUT2D eigenvalue weighted by atomic mass is 9.80. The first kappa shape index (κ1) is 13.2. The summed E-state index contributed by atoms with van der Waals surface area (Å²) in [4.78, 5) is 4.24. The van der Waals surface area contributed by atoms with Gasteiger partial charge in [0.15, 0.2) is 0 Å². The second-order valence-corrected chi connectivity index (χ2v) is 6.38. The summed E-state index contributed by atoms with van der Waals surface area (Å²) in [5.74, 6) is 1.60. The van der Waals surface area contributed by atoms with Crippen molar-refractivity contribution < 1.29 is 0 Å². The minimum absolute atomic E-state index is 0.556. The number of hydrogen-bond acceptors (Lipinski definition) is 3. The van der Waals surface area contributed by atoms with Gasteiger partial charge < -0.3 is 11.1 Å². The molecule has 0 bridgehead atoms. The molecule has 106 valence electrons. The van der Waals surface area contributed by atoms with Crippen LogP contribution in [0.3, 0.4) is 0 Å². The minimum atomic E-state index is 0.556. The van der Waals surface area contributed by atoms with Crippen LogP contribution in [-0.2, 0) is 0 Å². The highest BCUT2D eigenvalue weighted by molar-refractivity contribution is 6.00. The molecule has 3 rings (SSSR count). The van der Waals surface area contributed by atoms with Crippen molar-refractivity contribution in [1.29, 1.82) is 0 Å². The van der Waals surface area contributed by atoms with Crippen LogP contribution in [0.4, 0.5) is 11.4 Å². The lowest BCUT2D eigenvalue weighted by Crippen LogP contribution is -2.30. The van der Waals surface area contributed by atoms with Crippen molar-refractivity contribution in [1.82, 2.24) is 4.98 Å². The number of rotatable bonds is 2. The van der Waals surface area contributed by atoms with Crippen molar-refractivity contribution in [3.05, 3.63) is 30.6 Å². The highest BCUT2D eigenvalue weighted by Gasteiger charge is 2.24. The summed E-state index contributed by atoms with van der Waals surface area (Å²) in [5, 5.41) is 5.92. The fraction of sp³-hybridized carbons (Fsp3) is 0.471. The maximum atomic E-state index is 6.05. The molecule has 1 heterocycles. The average Bonchev–Trinajstić information content (AvgIpc) is 2.41. The Morgan fingerprint density at radius 3 is 2.55 bits per heavy atom. The maximum absolute atomic E-state index is 6.05. The van der Waals surface area contributed by atoms with E-state index < -0.39 is 0 Å². The van der Waals surface area contributed by atoms with Gasteiger partial charge in [0.2, 0.25) is 0 Å². The number of aromatic nitrogens is 1. The van der Waals surface area contributed by atoms with E-state index in [1.165, 1.54) is 19.3 Å². The summed E-state index contributed by atoms with van der Waals surface area (Å²) >= 11 is 0. The lowest BCUT2D eigenvalue weighted by Gasteiger charge is -2.33. The largest absolute Gasteiger partial charge is 0.398 e. The van der Waals surface area contributed by atoms with Gasteiger partial charge in [-0.1, -0.05) is 13.8 Å². The van der Waals surface area contributed by atoms with E-state index in [9.17, 15) is 0 Å². The van der Waals surface area contributed by atoms with Crippen molar-refractivity contribution in [3.63, 3.8) is 0 Å². The smallest absolute Gasteiger partial charge is 0.0439 e. The van der Waals surface area contributed by atoms with E-state index in [1.807, 2.05) is 18.3 Å². The summed E-state index contributed by atoms with van der Waals surface area (Å²) in [6, 6.07) is 6.62. The van der Waals surface area contributed by atoms with Crippen LogP contribution in [0.25, 0.3) is 10.8 Å². The Balaban J connectivity index is 1.89. The quantitative estimate of drug-likeness (QED) is 0.808. The Kier molecular flexibility index (Phi) is 3.51. The van der Waals surface area contributed by atoms with Gasteiger partial charge >= 0.3 is 0 Å². The molecule has 0 aliphatic heterocycles. The molecule has 20 heavy (non-hydrogen) atoms. The molecule has 1 aliphatic carbocycles. The Morgan fingerprint density at radius 2 is 1.80 bits per heavy atom. The lowest BCUT2D eigenvalue weighted by molar-refractivity contribution is 0.281. The first-order valence-electron chi connectivity index (χ1n) is 7.52. The summed E-state index contributed by atoms with van der Waals surface area (Å²) in [7, 11) is 0. The van der Waals surface area contributed by atoms with E-state index in [-0.39, 0.29) is 0 Å². The third kappa shape index (κ3) is 2.58. The van der Waals surface area contributed by atoms with E-state index in [1.54, 1.807) is 6.20 Å². The predicted molar refractivity (Wildman–Crippen MR) is 85.7 cm³/mol. The molecule has 3 N–H and O–H groups in total. The van der Waals surface area contributed by atoms with Crippen LogP contribution in [0.15, 0.2) is 30.6 Å². The zero-order valence-corrected chi connectivity index (χ0v) is 12.3.